The van der Waals surface area contributed by atoms with E-state index in [0.29, 0.717) is 33.3 Å². The highest BCUT2D eigenvalue weighted by atomic mass is 32.2. The summed E-state index contributed by atoms with van der Waals surface area (Å²) in [4.78, 5) is 30.4. The number of carbonyl (C=O) groups is 1. The van der Waals surface area contributed by atoms with E-state index in [1.54, 1.807) is 35.9 Å². The fraction of sp³-hybridized carbons (Fsp3) is 0.217. The predicted molar refractivity (Wildman–Crippen MR) is 130 cm³/mol. The van der Waals surface area contributed by atoms with Gasteiger partial charge in [0.05, 0.1) is 12.9 Å². The van der Waals surface area contributed by atoms with E-state index < -0.39 is 0 Å². The quantitative estimate of drug-likeness (QED) is 0.300. The normalized spacial score (nSPS) is 10.9. The van der Waals surface area contributed by atoms with E-state index in [9.17, 15) is 9.59 Å². The third kappa shape index (κ3) is 4.68. The van der Waals surface area contributed by atoms with Crippen LogP contribution in [0.5, 0.6) is 5.75 Å². The number of ether oxygens (including phenoxy) is 1. The van der Waals surface area contributed by atoms with Gasteiger partial charge in [-0.05, 0) is 42.2 Å². The van der Waals surface area contributed by atoms with E-state index >= 15 is 0 Å². The molecule has 0 atom stereocenters. The largest absolute Gasteiger partial charge is 0.497 e. The van der Waals surface area contributed by atoms with Gasteiger partial charge in [0.15, 0.2) is 5.16 Å². The number of aromatic nitrogens is 3. The monoisotopic (exact) mass is 466 g/mol. The fourth-order valence-corrected chi connectivity index (χ4v) is 4.82. The lowest BCUT2D eigenvalue weighted by Crippen LogP contribution is -2.23. The van der Waals surface area contributed by atoms with Crippen molar-refractivity contribution in [3.8, 4) is 17.0 Å². The van der Waals surface area contributed by atoms with Gasteiger partial charge in [-0.15, -0.1) is 0 Å². The van der Waals surface area contributed by atoms with Gasteiger partial charge in [0, 0.05) is 17.8 Å². The molecule has 0 saturated carbocycles. The number of hydrogen-bond acceptors (Lipinski definition) is 7. The first-order valence-corrected chi connectivity index (χ1v) is 11.9. The Labute approximate surface area is 193 Å². The van der Waals surface area contributed by atoms with Crippen molar-refractivity contribution in [3.05, 3.63) is 65.0 Å². The molecule has 9 heteroatoms. The van der Waals surface area contributed by atoms with Gasteiger partial charge in [-0.25, -0.2) is 4.98 Å². The average molecular weight is 467 g/mol. The van der Waals surface area contributed by atoms with Crippen molar-refractivity contribution in [2.24, 2.45) is 0 Å². The molecule has 1 amide bonds. The maximum atomic E-state index is 13.1. The zero-order valence-electron chi connectivity index (χ0n) is 17.7. The molecule has 7 nitrogen and oxygen atoms in total. The number of anilines is 1. The van der Waals surface area contributed by atoms with E-state index in [0.717, 1.165) is 17.7 Å². The number of methoxy groups -OCH3 is 1. The minimum Gasteiger partial charge on any atom is -0.497 e. The third-order valence-corrected chi connectivity index (χ3v) is 6.55. The van der Waals surface area contributed by atoms with Gasteiger partial charge in [0.1, 0.15) is 21.7 Å². The minimum absolute atomic E-state index is 0.116. The van der Waals surface area contributed by atoms with Crippen LogP contribution in [0.4, 0.5) is 5.69 Å². The van der Waals surface area contributed by atoms with Crippen LogP contribution in [0.2, 0.25) is 0 Å². The number of hydrogen-bond donors (Lipinski definition) is 1. The van der Waals surface area contributed by atoms with Crippen LogP contribution in [0.3, 0.4) is 0 Å². The number of benzene rings is 2. The molecule has 0 aliphatic heterocycles. The zero-order chi connectivity index (χ0) is 22.5. The second-order valence-electron chi connectivity index (χ2n) is 6.99. The lowest BCUT2D eigenvalue weighted by atomic mass is 10.1. The zero-order valence-corrected chi connectivity index (χ0v) is 19.3. The number of nitrogens with one attached hydrogen (secondary N) is 1. The van der Waals surface area contributed by atoms with E-state index in [1.807, 2.05) is 37.3 Å². The molecule has 0 aliphatic carbocycles. The van der Waals surface area contributed by atoms with Crippen molar-refractivity contribution in [1.29, 1.82) is 0 Å². The first-order chi connectivity index (χ1) is 15.6. The van der Waals surface area contributed by atoms with Gasteiger partial charge in [0.2, 0.25) is 5.91 Å². The molecule has 0 radical (unpaired) electrons. The Bertz CT molecular complexity index is 1280. The number of fused-ring (bicyclic) bond motifs is 1. The number of rotatable bonds is 8. The van der Waals surface area contributed by atoms with Gasteiger partial charge in [-0.3, -0.25) is 14.2 Å². The van der Waals surface area contributed by atoms with Crippen LogP contribution in [0.1, 0.15) is 13.3 Å². The standard InChI is InChI=1S/C23H22N4O3S2/c1-3-13-27-22(29)21-20(19(26-32-21)15-7-5-4-6-8-15)25-23(27)31-14-18(28)24-16-9-11-17(30-2)12-10-16/h4-12H,3,13-14H2,1-2H3,(H,24,28). The summed E-state index contributed by atoms with van der Waals surface area (Å²) in [6.07, 6.45) is 0.781. The number of amides is 1. The molecule has 0 fully saturated rings. The second kappa shape index (κ2) is 9.97. The Morgan fingerprint density at radius 2 is 1.91 bits per heavy atom. The Morgan fingerprint density at radius 3 is 2.59 bits per heavy atom. The summed E-state index contributed by atoms with van der Waals surface area (Å²) in [7, 11) is 1.59. The molecule has 1 N–H and O–H groups in total. The topological polar surface area (TPSA) is 86.1 Å². The van der Waals surface area contributed by atoms with Gasteiger partial charge >= 0.3 is 0 Å². The molecular formula is C23H22N4O3S2. The van der Waals surface area contributed by atoms with Crippen LogP contribution in [0, 0.1) is 0 Å². The molecule has 0 saturated heterocycles. The molecule has 2 heterocycles. The second-order valence-corrected chi connectivity index (χ2v) is 8.71. The van der Waals surface area contributed by atoms with Gasteiger partial charge < -0.3 is 10.1 Å². The minimum atomic E-state index is -0.177. The summed E-state index contributed by atoms with van der Waals surface area (Å²) in [5.74, 6) is 0.674. The summed E-state index contributed by atoms with van der Waals surface area (Å²) in [5, 5.41) is 3.38. The maximum Gasteiger partial charge on any atom is 0.273 e. The van der Waals surface area contributed by atoms with Crippen LogP contribution in [0.15, 0.2) is 64.5 Å². The Morgan fingerprint density at radius 1 is 1.16 bits per heavy atom. The van der Waals surface area contributed by atoms with Crippen molar-refractivity contribution >= 4 is 45.1 Å². The van der Waals surface area contributed by atoms with Crippen LogP contribution in [-0.4, -0.2) is 32.7 Å². The molecule has 2 aromatic heterocycles. The summed E-state index contributed by atoms with van der Waals surface area (Å²) in [6.45, 7) is 2.53. The fourth-order valence-electron chi connectivity index (χ4n) is 3.21. The average Bonchev–Trinajstić information content (AvgIpc) is 3.25. The summed E-state index contributed by atoms with van der Waals surface area (Å²) in [6, 6.07) is 16.8. The predicted octanol–water partition coefficient (Wildman–Crippen LogP) is 4.67. The number of carbonyl (C=O) groups excluding carboxylic acids is 1. The van der Waals surface area contributed by atoms with Crippen molar-refractivity contribution in [3.63, 3.8) is 0 Å². The lowest BCUT2D eigenvalue weighted by Gasteiger charge is -2.11. The molecule has 0 unspecified atom stereocenters. The van der Waals surface area contributed by atoms with E-state index in [2.05, 4.69) is 9.69 Å². The van der Waals surface area contributed by atoms with E-state index in [-0.39, 0.29) is 17.2 Å². The Balaban J connectivity index is 1.60. The van der Waals surface area contributed by atoms with Gasteiger partial charge in [-0.1, -0.05) is 49.0 Å². The smallest absolute Gasteiger partial charge is 0.273 e. The van der Waals surface area contributed by atoms with Crippen LogP contribution >= 0.6 is 23.3 Å². The number of thioether (sulfide) groups is 1. The van der Waals surface area contributed by atoms with Crippen molar-refractivity contribution in [2.75, 3.05) is 18.2 Å². The first kappa shape index (κ1) is 22.0. The van der Waals surface area contributed by atoms with Gasteiger partial charge in [-0.2, -0.15) is 4.37 Å². The highest BCUT2D eigenvalue weighted by Crippen LogP contribution is 2.29. The molecule has 0 aliphatic rings. The molecule has 2 aromatic carbocycles. The third-order valence-electron chi connectivity index (χ3n) is 4.75. The molecule has 4 rings (SSSR count). The highest BCUT2D eigenvalue weighted by molar-refractivity contribution is 7.99. The van der Waals surface area contributed by atoms with Crippen molar-refractivity contribution in [1.82, 2.24) is 13.9 Å². The summed E-state index contributed by atoms with van der Waals surface area (Å²) in [5.41, 5.74) is 2.74. The molecule has 0 spiro atoms. The van der Waals surface area contributed by atoms with Crippen LogP contribution < -0.4 is 15.6 Å². The maximum absolute atomic E-state index is 13.1. The molecule has 4 aromatic rings. The first-order valence-electron chi connectivity index (χ1n) is 10.1. The molecular weight excluding hydrogens is 444 g/mol. The number of nitrogens with zero attached hydrogens (tertiary/aromatic N) is 3. The van der Waals surface area contributed by atoms with Gasteiger partial charge in [0.25, 0.3) is 5.56 Å². The Kier molecular flexibility index (Phi) is 6.87. The molecule has 32 heavy (non-hydrogen) atoms. The highest BCUT2D eigenvalue weighted by Gasteiger charge is 2.19. The summed E-state index contributed by atoms with van der Waals surface area (Å²) < 4.78 is 11.8. The molecule has 0 bridgehead atoms. The van der Waals surface area contributed by atoms with E-state index in [1.165, 1.54) is 23.3 Å². The Hall–Kier alpha value is -3.17. The summed E-state index contributed by atoms with van der Waals surface area (Å²) >= 11 is 2.42. The molecule has 164 valence electrons. The SMILES string of the molecule is CCCn1c(SCC(=O)Nc2ccc(OC)cc2)nc2c(-c3ccccc3)nsc2c1=O. The van der Waals surface area contributed by atoms with Crippen molar-refractivity contribution < 1.29 is 9.53 Å². The van der Waals surface area contributed by atoms with Crippen LogP contribution in [0.25, 0.3) is 21.5 Å². The van der Waals surface area contributed by atoms with Crippen molar-refractivity contribution in [2.45, 2.75) is 25.0 Å². The van der Waals surface area contributed by atoms with Crippen LogP contribution in [-0.2, 0) is 11.3 Å². The van der Waals surface area contributed by atoms with E-state index in [4.69, 9.17) is 9.72 Å². The lowest BCUT2D eigenvalue weighted by molar-refractivity contribution is -0.113.